The number of hydrogen-bond acceptors (Lipinski definition) is 3. The zero-order valence-corrected chi connectivity index (χ0v) is 17.0. The molecular weight excluding hydrogens is 374 g/mol. The Bertz CT molecular complexity index is 1230. The van der Waals surface area contributed by atoms with E-state index in [1.807, 2.05) is 85.4 Å². The molecule has 150 valence electrons. The van der Waals surface area contributed by atoms with E-state index in [1.54, 1.807) is 6.08 Å². The number of pyridine rings is 1. The van der Waals surface area contributed by atoms with E-state index in [1.165, 1.54) is 0 Å². The fraction of sp³-hybridized carbons (Fsp3) is 0.160. The van der Waals surface area contributed by atoms with Gasteiger partial charge in [-0.05, 0) is 25.0 Å². The largest absolute Gasteiger partial charge is 0.478 e. The maximum atomic E-state index is 11.8. The number of rotatable bonds is 6. The highest BCUT2D eigenvalue weighted by atomic mass is 16.4. The summed E-state index contributed by atoms with van der Waals surface area (Å²) in [4.78, 5) is 16.8. The number of aryl methyl sites for hydroxylation is 1. The number of carbonyl (C=O) groups is 1. The van der Waals surface area contributed by atoms with Crippen molar-refractivity contribution in [1.82, 2.24) is 14.8 Å². The van der Waals surface area contributed by atoms with Gasteiger partial charge in [0.25, 0.3) is 0 Å². The third-order valence-electron chi connectivity index (χ3n) is 5.21. The van der Waals surface area contributed by atoms with Gasteiger partial charge in [-0.1, -0.05) is 67.6 Å². The van der Waals surface area contributed by atoms with Gasteiger partial charge in [0.1, 0.15) is 0 Å². The van der Waals surface area contributed by atoms with Crippen molar-refractivity contribution in [2.24, 2.45) is 0 Å². The van der Waals surface area contributed by atoms with Crippen LogP contribution in [0, 0.1) is 0 Å². The molecule has 0 aliphatic carbocycles. The number of fused-ring (bicyclic) bond motifs is 1. The summed E-state index contributed by atoms with van der Waals surface area (Å²) in [5.41, 5.74) is 5.58. The lowest BCUT2D eigenvalue weighted by atomic mass is 9.92. The zero-order chi connectivity index (χ0) is 21.1. The number of hydrogen-bond donors (Lipinski definition) is 1. The Morgan fingerprint density at radius 3 is 2.20 bits per heavy atom. The summed E-state index contributed by atoms with van der Waals surface area (Å²) in [6, 6.07) is 19.9. The van der Waals surface area contributed by atoms with E-state index in [-0.39, 0.29) is 0 Å². The van der Waals surface area contributed by atoms with Crippen molar-refractivity contribution in [2.75, 3.05) is 0 Å². The molecule has 0 saturated carbocycles. The second-order valence-electron chi connectivity index (χ2n) is 7.01. The molecule has 5 heteroatoms. The lowest BCUT2D eigenvalue weighted by Gasteiger charge is -2.15. The first kappa shape index (κ1) is 19.6. The molecule has 0 atom stereocenters. The van der Waals surface area contributed by atoms with Crippen molar-refractivity contribution in [2.45, 2.75) is 26.8 Å². The Morgan fingerprint density at radius 1 is 1.00 bits per heavy atom. The summed E-state index contributed by atoms with van der Waals surface area (Å²) in [6.45, 7) is 4.58. The number of carboxylic acid groups (broad SMARTS) is 1. The number of nitrogens with zero attached hydrogens (tertiary/aromatic N) is 3. The first-order valence-electron chi connectivity index (χ1n) is 10.1. The summed E-state index contributed by atoms with van der Waals surface area (Å²) in [5.74, 6) is -0.917. The van der Waals surface area contributed by atoms with Crippen LogP contribution < -0.4 is 0 Å². The molecule has 4 aromatic rings. The molecule has 2 aromatic heterocycles. The van der Waals surface area contributed by atoms with Crippen LogP contribution in [-0.4, -0.2) is 25.8 Å². The van der Waals surface area contributed by atoms with Crippen LogP contribution in [0.4, 0.5) is 0 Å². The van der Waals surface area contributed by atoms with Crippen molar-refractivity contribution in [1.29, 1.82) is 0 Å². The van der Waals surface area contributed by atoms with Gasteiger partial charge in [0.2, 0.25) is 0 Å². The Balaban J connectivity index is 2.18. The van der Waals surface area contributed by atoms with Gasteiger partial charge >= 0.3 is 5.97 Å². The van der Waals surface area contributed by atoms with E-state index in [0.717, 1.165) is 39.0 Å². The van der Waals surface area contributed by atoms with Crippen LogP contribution in [0.3, 0.4) is 0 Å². The van der Waals surface area contributed by atoms with Crippen LogP contribution in [0.5, 0.6) is 0 Å². The SMILES string of the molecule is CC/C(=C\c1c(-c2ccccc2)nc2c(cnn2CC)c1-c1ccccc1)C(=O)O. The second kappa shape index (κ2) is 8.33. The summed E-state index contributed by atoms with van der Waals surface area (Å²) in [6.07, 6.45) is 4.01. The Morgan fingerprint density at radius 2 is 1.63 bits per heavy atom. The molecule has 0 saturated heterocycles. The fourth-order valence-corrected chi connectivity index (χ4v) is 3.70. The topological polar surface area (TPSA) is 68.0 Å². The molecule has 0 fully saturated rings. The summed E-state index contributed by atoms with van der Waals surface area (Å²) >= 11 is 0. The zero-order valence-electron chi connectivity index (χ0n) is 17.0. The van der Waals surface area contributed by atoms with Crippen molar-refractivity contribution in [3.8, 4) is 22.4 Å². The Labute approximate surface area is 175 Å². The third-order valence-corrected chi connectivity index (χ3v) is 5.21. The fourth-order valence-electron chi connectivity index (χ4n) is 3.70. The van der Waals surface area contributed by atoms with E-state index in [4.69, 9.17) is 4.98 Å². The third kappa shape index (κ3) is 3.50. The molecule has 0 unspecified atom stereocenters. The van der Waals surface area contributed by atoms with Crippen LogP contribution in [0.15, 0.2) is 72.4 Å². The Kier molecular flexibility index (Phi) is 5.44. The average Bonchev–Trinajstić information content (AvgIpc) is 3.20. The molecule has 0 aliphatic rings. The molecule has 0 spiro atoms. The van der Waals surface area contributed by atoms with Gasteiger partial charge in [0.15, 0.2) is 5.65 Å². The molecule has 1 N–H and O–H groups in total. The minimum Gasteiger partial charge on any atom is -0.478 e. The summed E-state index contributed by atoms with van der Waals surface area (Å²) in [7, 11) is 0. The highest BCUT2D eigenvalue weighted by molar-refractivity contribution is 6.04. The number of aliphatic carboxylic acids is 1. The van der Waals surface area contributed by atoms with Crippen LogP contribution >= 0.6 is 0 Å². The van der Waals surface area contributed by atoms with E-state index in [0.29, 0.717) is 18.5 Å². The van der Waals surface area contributed by atoms with Gasteiger partial charge in [-0.2, -0.15) is 5.10 Å². The molecule has 2 aromatic carbocycles. The van der Waals surface area contributed by atoms with E-state index < -0.39 is 5.97 Å². The van der Waals surface area contributed by atoms with E-state index in [9.17, 15) is 9.90 Å². The number of carboxylic acids is 1. The van der Waals surface area contributed by atoms with Gasteiger partial charge in [-0.25, -0.2) is 14.5 Å². The molecule has 0 bridgehead atoms. The van der Waals surface area contributed by atoms with Crippen molar-refractivity contribution < 1.29 is 9.90 Å². The maximum Gasteiger partial charge on any atom is 0.331 e. The van der Waals surface area contributed by atoms with Gasteiger partial charge in [0.05, 0.1) is 11.9 Å². The van der Waals surface area contributed by atoms with E-state index in [2.05, 4.69) is 5.10 Å². The maximum absolute atomic E-state index is 11.8. The highest BCUT2D eigenvalue weighted by Crippen LogP contribution is 2.38. The van der Waals surface area contributed by atoms with Crippen LogP contribution in [0.25, 0.3) is 39.5 Å². The molecule has 4 rings (SSSR count). The van der Waals surface area contributed by atoms with Gasteiger partial charge in [0, 0.05) is 34.2 Å². The second-order valence-corrected chi connectivity index (χ2v) is 7.01. The summed E-state index contributed by atoms with van der Waals surface area (Å²) in [5, 5.41) is 15.1. The molecule has 0 aliphatic heterocycles. The molecule has 5 nitrogen and oxygen atoms in total. The molecular formula is C25H23N3O2. The van der Waals surface area contributed by atoms with Crippen molar-refractivity contribution in [3.05, 3.63) is 78.0 Å². The smallest absolute Gasteiger partial charge is 0.331 e. The standard InChI is InChI=1S/C25H23N3O2/c1-3-17(25(29)30)15-20-22(18-11-7-5-8-12-18)21-16-26-28(4-2)24(21)27-23(20)19-13-9-6-10-14-19/h5-16H,3-4H2,1-2H3,(H,29,30)/b17-15+. The quantitative estimate of drug-likeness (QED) is 0.426. The highest BCUT2D eigenvalue weighted by Gasteiger charge is 2.20. The first-order valence-corrected chi connectivity index (χ1v) is 10.1. The van der Waals surface area contributed by atoms with Gasteiger partial charge < -0.3 is 5.11 Å². The normalized spacial score (nSPS) is 11.7. The number of aromatic nitrogens is 3. The first-order chi connectivity index (χ1) is 14.6. The van der Waals surface area contributed by atoms with Crippen molar-refractivity contribution >= 4 is 23.1 Å². The van der Waals surface area contributed by atoms with Crippen LogP contribution in [0.2, 0.25) is 0 Å². The minimum absolute atomic E-state index is 0.341. The predicted octanol–water partition coefficient (Wildman–Crippen LogP) is 5.66. The van der Waals surface area contributed by atoms with Crippen LogP contribution in [0.1, 0.15) is 25.8 Å². The lowest BCUT2D eigenvalue weighted by molar-refractivity contribution is -0.132. The Hall–Kier alpha value is -3.73. The van der Waals surface area contributed by atoms with Gasteiger partial charge in [-0.3, -0.25) is 0 Å². The minimum atomic E-state index is -0.917. The molecule has 30 heavy (non-hydrogen) atoms. The predicted molar refractivity (Wildman–Crippen MR) is 120 cm³/mol. The summed E-state index contributed by atoms with van der Waals surface area (Å²) < 4.78 is 1.87. The van der Waals surface area contributed by atoms with Crippen LogP contribution in [-0.2, 0) is 11.3 Å². The van der Waals surface area contributed by atoms with Gasteiger partial charge in [-0.15, -0.1) is 0 Å². The lowest BCUT2D eigenvalue weighted by Crippen LogP contribution is -2.03. The van der Waals surface area contributed by atoms with E-state index >= 15 is 0 Å². The number of benzene rings is 2. The van der Waals surface area contributed by atoms with Crippen molar-refractivity contribution in [3.63, 3.8) is 0 Å². The monoisotopic (exact) mass is 397 g/mol. The molecule has 2 heterocycles. The molecule has 0 amide bonds. The molecule has 0 radical (unpaired) electrons. The average molecular weight is 397 g/mol.